The lowest BCUT2D eigenvalue weighted by Gasteiger charge is -2.44. The minimum absolute atomic E-state index is 0.128. The number of fused-ring (bicyclic) bond motifs is 2. The smallest absolute Gasteiger partial charge is 0.262 e. The van der Waals surface area contributed by atoms with Crippen LogP contribution < -0.4 is 10.9 Å². The van der Waals surface area contributed by atoms with Crippen molar-refractivity contribution < 1.29 is 4.79 Å². The maximum atomic E-state index is 13.3. The largest absolute Gasteiger partial charge is 0.352 e. The van der Waals surface area contributed by atoms with E-state index in [9.17, 15) is 9.59 Å². The summed E-state index contributed by atoms with van der Waals surface area (Å²) in [5.74, 6) is 0.360. The van der Waals surface area contributed by atoms with Crippen molar-refractivity contribution in [1.29, 1.82) is 0 Å². The summed E-state index contributed by atoms with van der Waals surface area (Å²) in [7, 11) is 0. The van der Waals surface area contributed by atoms with Crippen LogP contribution >= 0.6 is 11.6 Å². The van der Waals surface area contributed by atoms with E-state index in [-0.39, 0.29) is 11.5 Å². The van der Waals surface area contributed by atoms with E-state index in [0.29, 0.717) is 45.6 Å². The Kier molecular flexibility index (Phi) is 6.03. The van der Waals surface area contributed by atoms with Gasteiger partial charge in [-0.3, -0.25) is 14.2 Å². The molecule has 5 rings (SSSR count). The van der Waals surface area contributed by atoms with E-state index in [1.807, 2.05) is 18.2 Å². The van der Waals surface area contributed by atoms with E-state index in [0.717, 1.165) is 6.42 Å². The van der Waals surface area contributed by atoms with Crippen LogP contribution in [0.25, 0.3) is 16.5 Å². The zero-order chi connectivity index (χ0) is 22.1. The van der Waals surface area contributed by atoms with Crippen LogP contribution in [0.15, 0.2) is 59.5 Å². The number of benzene rings is 2. The van der Waals surface area contributed by atoms with Crippen molar-refractivity contribution in [2.45, 2.75) is 38.1 Å². The van der Waals surface area contributed by atoms with Crippen molar-refractivity contribution in [2.24, 2.45) is 5.92 Å². The molecule has 2 atom stereocenters. The van der Waals surface area contributed by atoms with Crippen molar-refractivity contribution in [3.8, 4) is 5.69 Å². The van der Waals surface area contributed by atoms with Gasteiger partial charge >= 0.3 is 0 Å². The fraction of sp³-hybridized carbons (Fsp3) is 0.385. The summed E-state index contributed by atoms with van der Waals surface area (Å²) in [5.41, 5.74) is 1.06. The van der Waals surface area contributed by atoms with Crippen LogP contribution in [0.5, 0.6) is 0 Å². The lowest BCUT2D eigenvalue weighted by Crippen LogP contribution is -2.51. The van der Waals surface area contributed by atoms with Gasteiger partial charge in [0, 0.05) is 40.3 Å². The maximum Gasteiger partial charge on any atom is 0.262 e. The molecular formula is C26H28ClN3O2. The highest BCUT2D eigenvalue weighted by Crippen LogP contribution is 2.30. The zero-order valence-corrected chi connectivity index (χ0v) is 18.9. The molecule has 166 valence electrons. The molecule has 32 heavy (non-hydrogen) atoms. The molecule has 1 amide bonds. The van der Waals surface area contributed by atoms with Crippen molar-refractivity contribution in [1.82, 2.24) is 14.8 Å². The lowest BCUT2D eigenvalue weighted by molar-refractivity contribution is 0.0576. The molecule has 2 saturated heterocycles. The number of rotatable bonds is 4. The first-order chi connectivity index (χ1) is 15.6. The van der Waals surface area contributed by atoms with Gasteiger partial charge < -0.3 is 10.2 Å². The average Bonchev–Trinajstić information content (AvgIpc) is 2.83. The predicted molar refractivity (Wildman–Crippen MR) is 129 cm³/mol. The summed E-state index contributed by atoms with van der Waals surface area (Å²) in [5, 5.41) is 5.02. The van der Waals surface area contributed by atoms with E-state index in [2.05, 4.69) is 10.2 Å². The van der Waals surface area contributed by atoms with Crippen LogP contribution in [0.3, 0.4) is 0 Å². The quantitative estimate of drug-likeness (QED) is 0.631. The van der Waals surface area contributed by atoms with Gasteiger partial charge in [0.25, 0.3) is 11.5 Å². The molecule has 0 bridgehead atoms. The molecule has 1 aromatic heterocycles. The molecule has 0 radical (unpaired) electrons. The van der Waals surface area contributed by atoms with Gasteiger partial charge in [0.15, 0.2) is 0 Å². The Morgan fingerprint density at radius 3 is 2.53 bits per heavy atom. The van der Waals surface area contributed by atoms with E-state index in [4.69, 9.17) is 11.6 Å². The third-order valence-electron chi connectivity index (χ3n) is 7.03. The monoisotopic (exact) mass is 449 g/mol. The zero-order valence-electron chi connectivity index (χ0n) is 18.1. The van der Waals surface area contributed by atoms with Crippen molar-refractivity contribution in [2.75, 3.05) is 19.6 Å². The van der Waals surface area contributed by atoms with Crippen LogP contribution in [0, 0.1) is 5.92 Å². The normalized spacial score (nSPS) is 21.3. The summed E-state index contributed by atoms with van der Waals surface area (Å²) in [6.45, 7) is 3.05. The number of hydrogen-bond acceptors (Lipinski definition) is 3. The van der Waals surface area contributed by atoms with E-state index >= 15 is 0 Å². The number of piperidine rings is 2. The SMILES string of the molecule is O=C(NC[C@@H]1CCCN2CCCC[C@@H]12)c1cn(-c2ccc(Cl)cc2)c(=O)c2ccccc12. The summed E-state index contributed by atoms with van der Waals surface area (Å²) < 4.78 is 1.54. The number of nitrogens with zero attached hydrogens (tertiary/aromatic N) is 2. The molecule has 2 aliphatic rings. The number of pyridine rings is 1. The van der Waals surface area contributed by atoms with Crippen LogP contribution in [-0.4, -0.2) is 41.1 Å². The Morgan fingerprint density at radius 2 is 1.72 bits per heavy atom. The number of halogens is 1. The summed E-state index contributed by atoms with van der Waals surface area (Å²) in [6.07, 6.45) is 7.81. The van der Waals surface area contributed by atoms with Crippen LogP contribution in [0.2, 0.25) is 5.02 Å². The van der Waals surface area contributed by atoms with Crippen LogP contribution in [0.4, 0.5) is 0 Å². The highest BCUT2D eigenvalue weighted by molar-refractivity contribution is 6.30. The van der Waals surface area contributed by atoms with Crippen LogP contribution in [0.1, 0.15) is 42.5 Å². The number of carbonyl (C=O) groups excluding carboxylic acids is 1. The molecule has 2 fully saturated rings. The van der Waals surface area contributed by atoms with Crippen molar-refractivity contribution in [3.63, 3.8) is 0 Å². The molecule has 2 aromatic carbocycles. The fourth-order valence-electron chi connectivity index (χ4n) is 5.40. The van der Waals surface area contributed by atoms with Crippen LogP contribution in [-0.2, 0) is 0 Å². The number of amides is 1. The molecule has 1 N–H and O–H groups in total. The Morgan fingerprint density at radius 1 is 0.969 bits per heavy atom. The van der Waals surface area contributed by atoms with Gasteiger partial charge in [-0.05, 0) is 75.0 Å². The second kappa shape index (κ2) is 9.08. The van der Waals surface area contributed by atoms with Gasteiger partial charge in [-0.2, -0.15) is 0 Å². The first-order valence-corrected chi connectivity index (χ1v) is 11.9. The second-order valence-electron chi connectivity index (χ2n) is 8.95. The molecule has 5 nitrogen and oxygen atoms in total. The molecule has 0 unspecified atom stereocenters. The Balaban J connectivity index is 1.45. The average molecular weight is 450 g/mol. The fourth-order valence-corrected chi connectivity index (χ4v) is 5.53. The molecule has 0 aliphatic carbocycles. The molecule has 3 heterocycles. The predicted octanol–water partition coefficient (Wildman–Crippen LogP) is 4.64. The van der Waals surface area contributed by atoms with Crippen molar-refractivity contribution >= 4 is 28.3 Å². The van der Waals surface area contributed by atoms with Gasteiger partial charge in [0.2, 0.25) is 0 Å². The topological polar surface area (TPSA) is 54.3 Å². The molecule has 6 heteroatoms. The third-order valence-corrected chi connectivity index (χ3v) is 7.28. The standard InChI is InChI=1S/C26H28ClN3O2/c27-19-10-12-20(13-11-19)30-17-23(21-7-1-2-8-22(21)26(30)32)25(31)28-16-18-6-5-15-29-14-4-3-9-24(18)29/h1-2,7-8,10-13,17-18,24H,3-6,9,14-16H2,(H,28,31)/t18-,24-/m0/s1. The highest BCUT2D eigenvalue weighted by atomic mass is 35.5. The summed E-state index contributed by atoms with van der Waals surface area (Å²) >= 11 is 6.02. The molecule has 0 saturated carbocycles. The highest BCUT2D eigenvalue weighted by Gasteiger charge is 2.33. The molecule has 0 spiro atoms. The van der Waals surface area contributed by atoms with E-state index < -0.39 is 0 Å². The van der Waals surface area contributed by atoms with Gasteiger partial charge in [-0.15, -0.1) is 0 Å². The minimum Gasteiger partial charge on any atom is -0.352 e. The van der Waals surface area contributed by atoms with Gasteiger partial charge in [-0.25, -0.2) is 0 Å². The summed E-state index contributed by atoms with van der Waals surface area (Å²) in [4.78, 5) is 29.1. The maximum absolute atomic E-state index is 13.3. The lowest BCUT2D eigenvalue weighted by atomic mass is 9.83. The van der Waals surface area contributed by atoms with E-state index in [1.165, 1.54) is 43.3 Å². The Bertz CT molecular complexity index is 1190. The van der Waals surface area contributed by atoms with Gasteiger partial charge in [0.1, 0.15) is 0 Å². The first kappa shape index (κ1) is 21.2. The number of nitrogens with one attached hydrogen (secondary N) is 1. The first-order valence-electron chi connectivity index (χ1n) is 11.5. The van der Waals surface area contributed by atoms with Crippen molar-refractivity contribution in [3.05, 3.63) is 75.7 Å². The van der Waals surface area contributed by atoms with Gasteiger partial charge in [0.05, 0.1) is 5.56 Å². The molecule has 3 aromatic rings. The van der Waals surface area contributed by atoms with Gasteiger partial charge in [-0.1, -0.05) is 36.2 Å². The molecular weight excluding hydrogens is 422 g/mol. The Labute approximate surface area is 193 Å². The number of carbonyl (C=O) groups is 1. The summed E-state index contributed by atoms with van der Waals surface area (Å²) in [6, 6.07) is 15.0. The van der Waals surface area contributed by atoms with E-state index in [1.54, 1.807) is 36.5 Å². The minimum atomic E-state index is -0.149. The second-order valence-corrected chi connectivity index (χ2v) is 9.39. The number of hydrogen-bond donors (Lipinski definition) is 1. The molecule has 2 aliphatic heterocycles. The Hall–Kier alpha value is -2.63. The third kappa shape index (κ3) is 4.07. The number of aromatic nitrogens is 1.